The minimum absolute atomic E-state index is 0. The van der Waals surface area contributed by atoms with Crippen LogP contribution >= 0.6 is 0 Å². The van der Waals surface area contributed by atoms with Gasteiger partial charge in [0.1, 0.15) is 0 Å². The van der Waals surface area contributed by atoms with Gasteiger partial charge in [0.25, 0.3) is 0 Å². The molecule has 3 N–H and O–H groups in total. The summed E-state index contributed by atoms with van der Waals surface area (Å²) in [6.45, 7) is 0. The molecule has 0 aromatic rings. The zero-order valence-corrected chi connectivity index (χ0v) is 4.71. The summed E-state index contributed by atoms with van der Waals surface area (Å²) < 4.78 is 33.2. The van der Waals surface area contributed by atoms with Gasteiger partial charge in [0.15, 0.2) is 0 Å². The minimum atomic E-state index is -5.69. The molecular formula is H3IO5. The van der Waals surface area contributed by atoms with Crippen molar-refractivity contribution in [1.82, 2.24) is 0 Å². The molecule has 0 fully saturated rings. The highest BCUT2D eigenvalue weighted by Gasteiger charge is 2.11. The molecule has 0 aromatic carbocycles. The lowest BCUT2D eigenvalue weighted by atomic mass is 16.0. The van der Waals surface area contributed by atoms with Crippen molar-refractivity contribution in [3.63, 3.8) is 0 Å². The molecule has 0 amide bonds. The fourth-order valence-corrected chi connectivity index (χ4v) is 0. The summed E-state index contributed by atoms with van der Waals surface area (Å²) in [6, 6.07) is 0. The Kier molecular flexibility index (Phi) is 4.32. The van der Waals surface area contributed by atoms with E-state index in [2.05, 4.69) is 0 Å². The fourth-order valence-electron chi connectivity index (χ4n) is 0. The predicted octanol–water partition coefficient (Wildman–Crippen LogP) is -7.94. The third-order valence-electron chi connectivity index (χ3n) is 0. The van der Waals surface area contributed by atoms with Crippen molar-refractivity contribution >= 4 is 0 Å². The quantitative estimate of drug-likeness (QED) is 0.399. The summed E-state index contributed by atoms with van der Waals surface area (Å²) in [5.41, 5.74) is 0. The van der Waals surface area contributed by atoms with E-state index in [4.69, 9.17) is 13.7 Å². The first kappa shape index (κ1) is 9.73. The number of halogens is 1. The van der Waals surface area contributed by atoms with Crippen LogP contribution in [0.5, 0.6) is 0 Å². The van der Waals surface area contributed by atoms with Gasteiger partial charge in [0.2, 0.25) is 0 Å². The van der Waals surface area contributed by atoms with E-state index in [1.807, 2.05) is 0 Å². The highest BCUT2D eigenvalue weighted by molar-refractivity contribution is 2.15. The zero-order chi connectivity index (χ0) is 4.50. The van der Waals surface area contributed by atoms with Crippen LogP contribution in [-0.2, 0) is 0 Å². The summed E-state index contributed by atoms with van der Waals surface area (Å²) in [7, 11) is 0. The second-order valence-corrected chi connectivity index (χ2v) is 2.66. The Labute approximate surface area is 39.9 Å². The predicted molar refractivity (Wildman–Crippen MR) is 5.83 cm³/mol. The number of hydrogen-bond donors (Lipinski definition) is 1. The molecular weight excluding hydrogens is 207 g/mol. The monoisotopic (exact) mass is 210 g/mol. The Bertz CT molecular complexity index is 19.4. The van der Waals surface area contributed by atoms with Crippen LogP contribution in [0.15, 0.2) is 0 Å². The standard InChI is InChI=1S/HIO4.H2O/c2-1(3,4)5;/h2H;1H2. The van der Waals surface area contributed by atoms with E-state index in [9.17, 15) is 0 Å². The zero-order valence-electron chi connectivity index (χ0n) is 2.55. The maximum absolute atomic E-state index is 8.73. The number of rotatable bonds is 0. The van der Waals surface area contributed by atoms with E-state index in [1.54, 1.807) is 0 Å². The van der Waals surface area contributed by atoms with Gasteiger partial charge in [0, 0.05) is 3.44 Å². The summed E-state index contributed by atoms with van der Waals surface area (Å²) in [6.07, 6.45) is 0. The maximum Gasteiger partial charge on any atom is 0.368 e. The normalized spacial score (nSPS) is 10.0. The molecule has 0 saturated carbocycles. The molecule has 6 heavy (non-hydrogen) atoms. The van der Waals surface area contributed by atoms with Crippen molar-refractivity contribution < 1.29 is 39.3 Å². The second-order valence-electron chi connectivity index (χ2n) is 0.396. The molecule has 0 rings (SSSR count). The van der Waals surface area contributed by atoms with E-state index in [0.29, 0.717) is 0 Å². The molecule has 6 heteroatoms. The van der Waals surface area contributed by atoms with Gasteiger partial charge in [-0.25, -0.2) is 0 Å². The van der Waals surface area contributed by atoms with Crippen molar-refractivity contribution in [2.24, 2.45) is 0 Å². The Morgan fingerprint density at radius 1 is 1.17 bits per heavy atom. The first-order chi connectivity index (χ1) is 2.00. The van der Waals surface area contributed by atoms with Crippen molar-refractivity contribution in [3.8, 4) is 0 Å². The molecule has 0 saturated heterocycles. The van der Waals surface area contributed by atoms with E-state index in [1.165, 1.54) is 0 Å². The third-order valence-corrected chi connectivity index (χ3v) is 0. The van der Waals surface area contributed by atoms with Crippen LogP contribution in [0.4, 0.5) is 0 Å². The van der Waals surface area contributed by atoms with E-state index >= 15 is 0 Å². The molecule has 0 heterocycles. The first-order valence-electron chi connectivity index (χ1n) is 0.632. The van der Waals surface area contributed by atoms with Crippen LogP contribution in [0.2, 0.25) is 0 Å². The SMILES string of the molecule is O.[O-][I+3]([O-])([O-])O. The van der Waals surface area contributed by atoms with Crippen molar-refractivity contribution in [1.29, 1.82) is 0 Å². The third kappa shape index (κ3) is 201. The minimum Gasteiger partial charge on any atom is -0.412 e. The van der Waals surface area contributed by atoms with Gasteiger partial charge in [-0.15, -0.1) is 0 Å². The molecule has 0 atom stereocenters. The van der Waals surface area contributed by atoms with Crippen LogP contribution in [0.25, 0.3) is 0 Å². The molecule has 0 unspecified atom stereocenters. The van der Waals surface area contributed by atoms with Crippen LogP contribution in [0, 0.1) is 0 Å². The van der Waals surface area contributed by atoms with E-state index < -0.39 is 20.1 Å². The van der Waals surface area contributed by atoms with Crippen LogP contribution in [0.3, 0.4) is 0 Å². The van der Waals surface area contributed by atoms with Crippen LogP contribution in [-0.4, -0.2) is 8.91 Å². The Morgan fingerprint density at radius 3 is 1.17 bits per heavy atom. The second kappa shape index (κ2) is 2.66. The highest BCUT2D eigenvalue weighted by Crippen LogP contribution is 0.389. The van der Waals surface area contributed by atoms with Crippen LogP contribution in [0.1, 0.15) is 0 Å². The lowest BCUT2D eigenvalue weighted by molar-refractivity contribution is -1.92. The largest absolute Gasteiger partial charge is 0.412 e. The van der Waals surface area contributed by atoms with Gasteiger partial charge in [-0.1, -0.05) is 0 Å². The average Bonchev–Trinajstić information content (AvgIpc) is 0.722. The summed E-state index contributed by atoms with van der Waals surface area (Å²) in [5.74, 6) is 0. The highest BCUT2D eigenvalue weighted by atomic mass is 127. The smallest absolute Gasteiger partial charge is 0.368 e. The molecule has 40 valence electrons. The summed E-state index contributed by atoms with van der Waals surface area (Å²) >= 11 is -5.69. The number of hydrogen-bond acceptors (Lipinski definition) is 4. The lowest BCUT2D eigenvalue weighted by Gasteiger charge is -1.93. The van der Waals surface area contributed by atoms with Gasteiger partial charge < -0.3 is 5.48 Å². The molecule has 0 aromatic heterocycles. The Balaban J connectivity index is 0. The van der Waals surface area contributed by atoms with Gasteiger partial charge in [0.05, 0.1) is 0 Å². The molecule has 0 aliphatic carbocycles. The molecule has 0 aliphatic rings. The Hall–Kier alpha value is 0.530. The van der Waals surface area contributed by atoms with Gasteiger partial charge in [-0.3, -0.25) is 10.3 Å². The average molecular weight is 210 g/mol. The van der Waals surface area contributed by atoms with Gasteiger partial charge >= 0.3 is 20.1 Å². The fraction of sp³-hybridized carbons (Fsp3) is 0. The maximum atomic E-state index is 8.73. The van der Waals surface area contributed by atoms with Crippen molar-refractivity contribution in [2.75, 3.05) is 0 Å². The van der Waals surface area contributed by atoms with Crippen molar-refractivity contribution in [2.45, 2.75) is 0 Å². The van der Waals surface area contributed by atoms with E-state index in [0.717, 1.165) is 0 Å². The summed E-state index contributed by atoms with van der Waals surface area (Å²) in [4.78, 5) is 0. The Morgan fingerprint density at radius 2 is 1.17 bits per heavy atom. The summed E-state index contributed by atoms with van der Waals surface area (Å²) in [5, 5.41) is 0. The molecule has 0 spiro atoms. The molecule has 0 bridgehead atoms. The topological polar surface area (TPSA) is 121 Å². The molecule has 0 aliphatic heterocycles. The van der Waals surface area contributed by atoms with Crippen molar-refractivity contribution in [3.05, 3.63) is 0 Å². The van der Waals surface area contributed by atoms with E-state index in [-0.39, 0.29) is 5.48 Å². The lowest BCUT2D eigenvalue weighted by Crippen LogP contribution is -4.23. The first-order valence-corrected chi connectivity index (χ1v) is 4.24. The molecule has 0 radical (unpaired) electrons. The van der Waals surface area contributed by atoms with Crippen LogP contribution < -0.4 is 30.4 Å². The van der Waals surface area contributed by atoms with Gasteiger partial charge in [-0.05, 0) is 0 Å². The van der Waals surface area contributed by atoms with Gasteiger partial charge in [-0.2, -0.15) is 0 Å². The molecule has 5 nitrogen and oxygen atoms in total.